The Kier molecular flexibility index (Phi) is 9.96. The van der Waals surface area contributed by atoms with Crippen molar-refractivity contribution in [1.29, 1.82) is 0 Å². The number of carboxylic acid groups (broad SMARTS) is 1. The Morgan fingerprint density at radius 1 is 1.21 bits per heavy atom. The van der Waals surface area contributed by atoms with Gasteiger partial charge in [-0.05, 0) is 35.8 Å². The summed E-state index contributed by atoms with van der Waals surface area (Å²) in [4.78, 5) is 28.6. The van der Waals surface area contributed by atoms with Gasteiger partial charge in [0, 0.05) is 24.2 Å². The molecule has 1 heterocycles. The van der Waals surface area contributed by atoms with Crippen LogP contribution in [0.4, 0.5) is 8.78 Å². The van der Waals surface area contributed by atoms with Crippen LogP contribution >= 0.6 is 21.0 Å². The molecule has 0 aliphatic carbocycles. The van der Waals surface area contributed by atoms with E-state index in [1.165, 1.54) is 25.2 Å². The number of nitrogens with zero attached hydrogens (tertiary/aromatic N) is 1. The Labute approximate surface area is 203 Å². The molecule has 1 amide bonds. The van der Waals surface area contributed by atoms with Crippen molar-refractivity contribution < 1.29 is 28.2 Å². The van der Waals surface area contributed by atoms with Gasteiger partial charge in [0.2, 0.25) is 0 Å². The highest BCUT2D eigenvalue weighted by atomic mass is 32.2. The van der Waals surface area contributed by atoms with Crippen LogP contribution in [0.15, 0.2) is 58.1 Å². The highest BCUT2D eigenvalue weighted by Crippen LogP contribution is 2.35. The molecular formula is C24H25F2N2O4PS. The minimum Gasteiger partial charge on any atom is -0.478 e. The number of aliphatic carboxylic acids is 1. The normalized spacial score (nSPS) is 13.5. The first-order valence-electron chi connectivity index (χ1n) is 10.3. The Morgan fingerprint density at radius 2 is 1.91 bits per heavy atom. The van der Waals surface area contributed by atoms with E-state index >= 15 is 0 Å². The van der Waals surface area contributed by atoms with E-state index in [1.54, 1.807) is 25.1 Å². The van der Waals surface area contributed by atoms with Crippen LogP contribution in [0.2, 0.25) is 0 Å². The maximum absolute atomic E-state index is 14.4. The Hall–Kier alpha value is -3.03. The molecule has 34 heavy (non-hydrogen) atoms. The van der Waals surface area contributed by atoms with Crippen LogP contribution in [0.3, 0.4) is 0 Å². The molecule has 0 spiro atoms. The van der Waals surface area contributed by atoms with Crippen molar-refractivity contribution in [2.24, 2.45) is 4.99 Å². The predicted molar refractivity (Wildman–Crippen MR) is 135 cm³/mol. The van der Waals surface area contributed by atoms with Crippen molar-refractivity contribution in [2.75, 3.05) is 12.8 Å². The van der Waals surface area contributed by atoms with Crippen LogP contribution in [0, 0.1) is 18.6 Å². The molecule has 3 rings (SSSR count). The summed E-state index contributed by atoms with van der Waals surface area (Å²) in [7, 11) is 3.61. The van der Waals surface area contributed by atoms with Gasteiger partial charge < -0.3 is 15.2 Å². The first-order valence-corrected chi connectivity index (χ1v) is 11.9. The molecule has 10 heteroatoms. The van der Waals surface area contributed by atoms with Gasteiger partial charge in [-0.1, -0.05) is 38.1 Å². The van der Waals surface area contributed by atoms with Crippen LogP contribution in [0.5, 0.6) is 5.75 Å². The number of hydrogen-bond acceptors (Lipinski definition) is 5. The van der Waals surface area contributed by atoms with E-state index in [-0.39, 0.29) is 33.1 Å². The molecule has 6 nitrogen and oxygen atoms in total. The van der Waals surface area contributed by atoms with Gasteiger partial charge in [0.25, 0.3) is 5.90 Å². The van der Waals surface area contributed by atoms with E-state index in [9.17, 15) is 23.5 Å². The number of aryl methyl sites for hydroxylation is 1. The molecule has 1 aliphatic rings. The summed E-state index contributed by atoms with van der Waals surface area (Å²) >= 11 is 1.10. The fourth-order valence-corrected chi connectivity index (χ4v) is 4.39. The smallest absolute Gasteiger partial charge is 0.339 e. The second kappa shape index (κ2) is 12.4. The lowest BCUT2D eigenvalue weighted by atomic mass is 9.96. The van der Waals surface area contributed by atoms with E-state index < -0.39 is 23.5 Å². The number of carbonyl (C=O) groups excluding carboxylic acids is 1. The molecule has 1 aliphatic heterocycles. The zero-order valence-electron chi connectivity index (χ0n) is 19.1. The number of ether oxygens (including phenoxy) is 1. The quantitative estimate of drug-likeness (QED) is 0.364. The van der Waals surface area contributed by atoms with Crippen molar-refractivity contribution in [2.45, 2.75) is 20.8 Å². The third-order valence-electron chi connectivity index (χ3n) is 4.52. The molecule has 2 aromatic rings. The van der Waals surface area contributed by atoms with Gasteiger partial charge in [-0.2, -0.15) is 0 Å². The summed E-state index contributed by atoms with van der Waals surface area (Å²) in [6.07, 6.45) is 1.67. The molecule has 1 atom stereocenters. The first kappa shape index (κ1) is 27.2. The van der Waals surface area contributed by atoms with E-state index in [2.05, 4.69) is 19.5 Å². The van der Waals surface area contributed by atoms with E-state index in [4.69, 9.17) is 4.74 Å². The Bertz CT molecular complexity index is 1200. The molecule has 0 fully saturated rings. The lowest BCUT2D eigenvalue weighted by molar-refractivity contribution is -0.132. The van der Waals surface area contributed by atoms with E-state index in [0.717, 1.165) is 17.8 Å². The molecule has 1 unspecified atom stereocenters. The van der Waals surface area contributed by atoms with Gasteiger partial charge in [-0.25, -0.2) is 18.6 Å². The largest absolute Gasteiger partial charge is 0.478 e. The minimum absolute atomic E-state index is 0.0628. The van der Waals surface area contributed by atoms with E-state index in [0.29, 0.717) is 16.9 Å². The number of halogens is 2. The first-order chi connectivity index (χ1) is 16.2. The lowest BCUT2D eigenvalue weighted by Gasteiger charge is -2.21. The number of hydrogen-bond donors (Lipinski definition) is 2. The molecule has 2 N–H and O–H groups in total. The molecule has 0 saturated heterocycles. The summed E-state index contributed by atoms with van der Waals surface area (Å²) in [5.74, 6) is -3.06. The third-order valence-corrected chi connectivity index (χ3v) is 6.02. The summed E-state index contributed by atoms with van der Waals surface area (Å²) in [5, 5.41) is 12.7. The number of aliphatic imine (C=N–C) groups is 1. The number of rotatable bonds is 4. The van der Waals surface area contributed by atoms with Crippen LogP contribution in [-0.4, -0.2) is 35.7 Å². The van der Waals surface area contributed by atoms with Gasteiger partial charge in [0.15, 0.2) is 0 Å². The minimum atomic E-state index is -1.29. The zero-order valence-corrected chi connectivity index (χ0v) is 21.1. The second-order valence-corrected chi connectivity index (χ2v) is 8.25. The van der Waals surface area contributed by atoms with Crippen LogP contribution in [0.25, 0.3) is 5.57 Å². The van der Waals surface area contributed by atoms with Crippen molar-refractivity contribution in [1.82, 2.24) is 5.32 Å². The SMILES string of the molecule is CC.CN=C(Oc1cccc(F)c1)C(=O)NC1=C(C(=O)O)C(c2ccc(C)c(F)c2P)=CCS1. The molecule has 0 aromatic heterocycles. The second-order valence-electron chi connectivity index (χ2n) is 6.64. The number of benzene rings is 2. The average molecular weight is 507 g/mol. The highest BCUT2D eigenvalue weighted by Gasteiger charge is 2.28. The molecule has 2 aromatic carbocycles. The molecule has 0 radical (unpaired) electrons. The fraction of sp³-hybridized carbons (Fsp3) is 0.208. The van der Waals surface area contributed by atoms with Gasteiger partial charge >= 0.3 is 11.9 Å². The monoisotopic (exact) mass is 506 g/mol. The number of nitrogens with one attached hydrogen (secondary N) is 1. The number of carbonyl (C=O) groups is 2. The highest BCUT2D eigenvalue weighted by molar-refractivity contribution is 8.03. The number of carboxylic acids is 1. The average Bonchev–Trinajstić information content (AvgIpc) is 2.82. The summed E-state index contributed by atoms with van der Waals surface area (Å²) in [6.45, 7) is 5.61. The summed E-state index contributed by atoms with van der Waals surface area (Å²) in [5.41, 5.74) is 0.930. The van der Waals surface area contributed by atoms with Crippen molar-refractivity contribution in [3.05, 3.63) is 75.8 Å². The van der Waals surface area contributed by atoms with Gasteiger partial charge in [-0.15, -0.1) is 21.0 Å². The van der Waals surface area contributed by atoms with E-state index in [1.807, 2.05) is 13.8 Å². The van der Waals surface area contributed by atoms with Gasteiger partial charge in [0.1, 0.15) is 17.4 Å². The standard InChI is InChI=1S/C22H19F2N2O4PS.C2H6/c1-11-6-7-15(18(31)17(11)24)14-8-9-32-21(16(14)22(28)29)26-19(27)20(25-2)30-13-5-3-4-12(23)10-13;1-2/h3-8,10H,9,31H2,1-2H3,(H,26,27)(H,28,29);1-2H3. The maximum atomic E-state index is 14.4. The van der Waals surface area contributed by atoms with Crippen molar-refractivity contribution >= 4 is 49.7 Å². The van der Waals surface area contributed by atoms with Crippen LogP contribution < -0.4 is 15.4 Å². The van der Waals surface area contributed by atoms with Gasteiger partial charge in [0.05, 0.1) is 10.6 Å². The summed E-state index contributed by atoms with van der Waals surface area (Å²) in [6, 6.07) is 8.37. The van der Waals surface area contributed by atoms with Crippen LogP contribution in [0.1, 0.15) is 25.0 Å². The van der Waals surface area contributed by atoms with Crippen molar-refractivity contribution in [3.63, 3.8) is 0 Å². The fourth-order valence-electron chi connectivity index (χ4n) is 2.99. The Balaban J connectivity index is 0.00000199. The molecule has 0 saturated carbocycles. The Morgan fingerprint density at radius 3 is 2.53 bits per heavy atom. The lowest BCUT2D eigenvalue weighted by Crippen LogP contribution is -2.35. The third kappa shape index (κ3) is 6.30. The van der Waals surface area contributed by atoms with Gasteiger partial charge in [-0.3, -0.25) is 4.79 Å². The molecule has 180 valence electrons. The van der Waals surface area contributed by atoms with Crippen LogP contribution in [-0.2, 0) is 9.59 Å². The topological polar surface area (TPSA) is 88.0 Å². The molecular weight excluding hydrogens is 481 g/mol. The molecule has 0 bridgehead atoms. The summed E-state index contributed by atoms with van der Waals surface area (Å²) < 4.78 is 33.2. The maximum Gasteiger partial charge on any atom is 0.339 e. The zero-order chi connectivity index (χ0) is 25.4. The number of amides is 1. The number of thioether (sulfide) groups is 1. The van der Waals surface area contributed by atoms with Crippen molar-refractivity contribution in [3.8, 4) is 5.75 Å². The predicted octanol–water partition coefficient (Wildman–Crippen LogP) is 4.45.